The highest BCUT2D eigenvalue weighted by atomic mass is 32.1. The van der Waals surface area contributed by atoms with Crippen LogP contribution in [-0.4, -0.2) is 92.5 Å². The van der Waals surface area contributed by atoms with E-state index in [-0.39, 0.29) is 6.10 Å². The Morgan fingerprint density at radius 2 is 1.90 bits per heavy atom. The molecule has 2 aromatic heterocycles. The van der Waals surface area contributed by atoms with Crippen LogP contribution in [0.25, 0.3) is 10.2 Å². The molecular formula is C22H33N5O2S. The second-order valence-electron chi connectivity index (χ2n) is 8.94. The third-order valence-corrected chi connectivity index (χ3v) is 7.50. The highest BCUT2D eigenvalue weighted by molar-refractivity contribution is 7.19. The van der Waals surface area contributed by atoms with E-state index >= 15 is 0 Å². The Morgan fingerprint density at radius 3 is 2.73 bits per heavy atom. The van der Waals surface area contributed by atoms with Crippen LogP contribution < -0.4 is 4.90 Å². The largest absolute Gasteiger partial charge is 0.379 e. The van der Waals surface area contributed by atoms with E-state index in [1.54, 1.807) is 0 Å². The van der Waals surface area contributed by atoms with Crippen molar-refractivity contribution >= 4 is 27.4 Å². The molecule has 30 heavy (non-hydrogen) atoms. The zero-order chi connectivity index (χ0) is 20.5. The van der Waals surface area contributed by atoms with Gasteiger partial charge in [0.1, 0.15) is 16.5 Å². The van der Waals surface area contributed by atoms with E-state index in [0.29, 0.717) is 0 Å². The maximum absolute atomic E-state index is 6.05. The third-order valence-electron chi connectivity index (χ3n) is 6.32. The standard InChI is InChI=1S/C22H33N5O2S/c1-25(2)13-16-14-27(9-12-29-16)21-20-17-5-3-4-6-18(17)30-22(20)24-19(23-21)15-26-7-10-28-11-8-26/h16H,3-15H2,1-2H3. The summed E-state index contributed by atoms with van der Waals surface area (Å²) in [5.41, 5.74) is 1.52. The minimum absolute atomic E-state index is 0.218. The van der Waals surface area contributed by atoms with E-state index in [0.717, 1.165) is 70.7 Å². The second kappa shape index (κ2) is 9.04. The number of hydrogen-bond donors (Lipinski definition) is 0. The molecule has 1 unspecified atom stereocenters. The molecular weight excluding hydrogens is 398 g/mol. The Kier molecular flexibility index (Phi) is 6.20. The van der Waals surface area contributed by atoms with Crippen LogP contribution in [0.15, 0.2) is 0 Å². The SMILES string of the molecule is CN(C)CC1CN(c2nc(CN3CCOCC3)nc3sc4c(c23)CCCC4)CCO1. The van der Waals surface area contributed by atoms with Crippen LogP contribution >= 0.6 is 11.3 Å². The van der Waals surface area contributed by atoms with Crippen LogP contribution in [0.5, 0.6) is 0 Å². The van der Waals surface area contributed by atoms with E-state index in [1.807, 2.05) is 11.3 Å². The molecule has 0 saturated carbocycles. The van der Waals surface area contributed by atoms with E-state index in [9.17, 15) is 0 Å². The van der Waals surface area contributed by atoms with Gasteiger partial charge in [0.2, 0.25) is 0 Å². The lowest BCUT2D eigenvalue weighted by Crippen LogP contribution is -2.47. The molecule has 0 aromatic carbocycles. The van der Waals surface area contributed by atoms with E-state index in [2.05, 4.69) is 28.8 Å². The van der Waals surface area contributed by atoms with E-state index in [4.69, 9.17) is 19.4 Å². The smallest absolute Gasteiger partial charge is 0.146 e. The summed E-state index contributed by atoms with van der Waals surface area (Å²) in [7, 11) is 4.22. The van der Waals surface area contributed by atoms with Crippen molar-refractivity contribution in [3.05, 3.63) is 16.3 Å². The van der Waals surface area contributed by atoms with Crippen molar-refractivity contribution < 1.29 is 9.47 Å². The molecule has 164 valence electrons. The number of nitrogens with zero attached hydrogens (tertiary/aromatic N) is 5. The van der Waals surface area contributed by atoms with Crippen molar-refractivity contribution in [1.29, 1.82) is 0 Å². The molecule has 2 aromatic rings. The van der Waals surface area contributed by atoms with Crippen molar-refractivity contribution in [3.8, 4) is 0 Å². The minimum atomic E-state index is 0.218. The fraction of sp³-hybridized carbons (Fsp3) is 0.727. The second-order valence-corrected chi connectivity index (χ2v) is 10.0. The zero-order valence-electron chi connectivity index (χ0n) is 18.2. The summed E-state index contributed by atoms with van der Waals surface area (Å²) in [5.74, 6) is 2.10. The predicted molar refractivity (Wildman–Crippen MR) is 121 cm³/mol. The minimum Gasteiger partial charge on any atom is -0.379 e. The summed E-state index contributed by atoms with van der Waals surface area (Å²) in [6.07, 6.45) is 5.16. The van der Waals surface area contributed by atoms with Gasteiger partial charge >= 0.3 is 0 Å². The van der Waals surface area contributed by atoms with Crippen molar-refractivity contribution in [2.45, 2.75) is 38.3 Å². The number of aryl methyl sites for hydroxylation is 2. The summed E-state index contributed by atoms with van der Waals surface area (Å²) < 4.78 is 11.6. The Morgan fingerprint density at radius 1 is 1.07 bits per heavy atom. The predicted octanol–water partition coefficient (Wildman–Crippen LogP) is 2.17. The number of anilines is 1. The molecule has 0 spiro atoms. The molecule has 7 nitrogen and oxygen atoms in total. The van der Waals surface area contributed by atoms with Gasteiger partial charge in [-0.1, -0.05) is 0 Å². The van der Waals surface area contributed by atoms with Crippen LogP contribution in [0.3, 0.4) is 0 Å². The average molecular weight is 432 g/mol. The van der Waals surface area contributed by atoms with Crippen LogP contribution in [-0.2, 0) is 28.9 Å². The Hall–Kier alpha value is -1.32. The third kappa shape index (κ3) is 4.34. The monoisotopic (exact) mass is 431 g/mol. The summed E-state index contributed by atoms with van der Waals surface area (Å²) in [6, 6.07) is 0. The number of aromatic nitrogens is 2. The molecule has 0 radical (unpaired) electrons. The molecule has 1 aliphatic carbocycles. The fourth-order valence-corrected chi connectivity index (χ4v) is 6.14. The summed E-state index contributed by atoms with van der Waals surface area (Å²) in [4.78, 5) is 20.0. The normalized spacial score (nSPS) is 23.3. The molecule has 2 saturated heterocycles. The summed E-state index contributed by atoms with van der Waals surface area (Å²) >= 11 is 1.91. The first-order chi connectivity index (χ1) is 14.7. The average Bonchev–Trinajstić information content (AvgIpc) is 3.12. The molecule has 0 N–H and O–H groups in total. The molecule has 3 aliphatic rings. The molecule has 0 bridgehead atoms. The van der Waals surface area contributed by atoms with Crippen LogP contribution in [0.1, 0.15) is 29.1 Å². The van der Waals surface area contributed by atoms with Crippen LogP contribution in [0.4, 0.5) is 5.82 Å². The van der Waals surface area contributed by atoms with E-state index in [1.165, 1.54) is 46.3 Å². The Balaban J connectivity index is 1.51. The van der Waals surface area contributed by atoms with Crippen molar-refractivity contribution in [3.63, 3.8) is 0 Å². The van der Waals surface area contributed by atoms with Crippen LogP contribution in [0.2, 0.25) is 0 Å². The Bertz CT molecular complexity index is 880. The molecule has 2 aliphatic heterocycles. The Labute approximate surface area is 183 Å². The maximum atomic E-state index is 6.05. The van der Waals surface area contributed by atoms with E-state index < -0.39 is 0 Å². The number of ether oxygens (including phenoxy) is 2. The first-order valence-electron chi connectivity index (χ1n) is 11.3. The molecule has 2 fully saturated rings. The lowest BCUT2D eigenvalue weighted by Gasteiger charge is -2.35. The summed E-state index contributed by atoms with van der Waals surface area (Å²) in [6.45, 7) is 7.82. The summed E-state index contributed by atoms with van der Waals surface area (Å²) in [5, 5.41) is 1.32. The van der Waals surface area contributed by atoms with Gasteiger partial charge in [-0.3, -0.25) is 4.90 Å². The lowest BCUT2D eigenvalue weighted by molar-refractivity contribution is 0.0245. The highest BCUT2D eigenvalue weighted by Gasteiger charge is 2.28. The lowest BCUT2D eigenvalue weighted by atomic mass is 9.97. The zero-order valence-corrected chi connectivity index (χ0v) is 19.0. The van der Waals surface area contributed by atoms with Crippen molar-refractivity contribution in [2.75, 3.05) is 71.5 Å². The molecule has 8 heteroatoms. The van der Waals surface area contributed by atoms with Gasteiger partial charge in [-0.15, -0.1) is 11.3 Å². The van der Waals surface area contributed by atoms with Gasteiger partial charge in [-0.05, 0) is 45.3 Å². The number of morpholine rings is 2. The van der Waals surface area contributed by atoms with Gasteiger partial charge < -0.3 is 19.3 Å². The first-order valence-corrected chi connectivity index (χ1v) is 12.1. The highest BCUT2D eigenvalue weighted by Crippen LogP contribution is 2.40. The van der Waals surface area contributed by atoms with Gasteiger partial charge in [-0.25, -0.2) is 9.97 Å². The molecule has 5 rings (SSSR count). The van der Waals surface area contributed by atoms with Gasteiger partial charge in [0, 0.05) is 37.6 Å². The topological polar surface area (TPSA) is 54.0 Å². The number of likely N-dealkylation sites (N-methyl/N-ethyl adjacent to an activating group) is 1. The van der Waals surface area contributed by atoms with Crippen molar-refractivity contribution in [1.82, 2.24) is 19.8 Å². The maximum Gasteiger partial charge on any atom is 0.146 e. The number of rotatable bonds is 5. The molecule has 1 atom stereocenters. The number of thiophene rings is 1. The van der Waals surface area contributed by atoms with Gasteiger partial charge in [0.15, 0.2) is 0 Å². The van der Waals surface area contributed by atoms with Gasteiger partial charge in [0.05, 0.1) is 37.9 Å². The van der Waals surface area contributed by atoms with Gasteiger partial charge in [0.25, 0.3) is 0 Å². The molecule has 4 heterocycles. The van der Waals surface area contributed by atoms with Crippen molar-refractivity contribution in [2.24, 2.45) is 0 Å². The first kappa shape index (κ1) is 20.6. The number of fused-ring (bicyclic) bond motifs is 3. The fourth-order valence-electron chi connectivity index (χ4n) is 4.87. The van der Waals surface area contributed by atoms with Crippen LogP contribution in [0, 0.1) is 0 Å². The molecule has 0 amide bonds. The van der Waals surface area contributed by atoms with Gasteiger partial charge in [-0.2, -0.15) is 0 Å². The number of hydrogen-bond acceptors (Lipinski definition) is 8. The quantitative estimate of drug-likeness (QED) is 0.719.